The van der Waals surface area contributed by atoms with Gasteiger partial charge in [-0.3, -0.25) is 14.5 Å². The summed E-state index contributed by atoms with van der Waals surface area (Å²) in [6, 6.07) is 19.1. The second kappa shape index (κ2) is 9.91. The van der Waals surface area contributed by atoms with E-state index in [1.165, 1.54) is 6.07 Å². The van der Waals surface area contributed by atoms with Crippen LogP contribution < -0.4 is 10.1 Å². The van der Waals surface area contributed by atoms with E-state index in [1.807, 2.05) is 57.2 Å². The van der Waals surface area contributed by atoms with Gasteiger partial charge in [-0.2, -0.15) is 0 Å². The van der Waals surface area contributed by atoms with Gasteiger partial charge < -0.3 is 10.1 Å². The third kappa shape index (κ3) is 4.71. The molecule has 1 aliphatic heterocycles. The van der Waals surface area contributed by atoms with Crippen molar-refractivity contribution in [2.75, 3.05) is 11.9 Å². The fourth-order valence-electron chi connectivity index (χ4n) is 4.00. The minimum atomic E-state index is -0.497. The Labute approximate surface area is 198 Å². The fraction of sp³-hybridized carbons (Fsp3) is 0.214. The zero-order valence-electron chi connectivity index (χ0n) is 19.5. The third-order valence-electron chi connectivity index (χ3n) is 5.68. The van der Waals surface area contributed by atoms with Crippen LogP contribution in [0.5, 0.6) is 5.75 Å². The zero-order valence-corrected chi connectivity index (χ0v) is 19.5. The number of hydrogen-bond donors (Lipinski definition) is 1. The van der Waals surface area contributed by atoms with Crippen molar-refractivity contribution in [1.82, 2.24) is 4.90 Å². The molecule has 2 amide bonds. The summed E-state index contributed by atoms with van der Waals surface area (Å²) < 4.78 is 20.0. The van der Waals surface area contributed by atoms with Gasteiger partial charge in [-0.05, 0) is 49.6 Å². The van der Waals surface area contributed by atoms with Gasteiger partial charge in [0.1, 0.15) is 17.3 Å². The number of rotatable bonds is 8. The Kier molecular flexibility index (Phi) is 6.77. The first-order chi connectivity index (χ1) is 16.4. The lowest BCUT2D eigenvalue weighted by atomic mass is 9.97. The van der Waals surface area contributed by atoms with Gasteiger partial charge in [0.05, 0.1) is 18.7 Å². The summed E-state index contributed by atoms with van der Waals surface area (Å²) in [4.78, 5) is 28.1. The van der Waals surface area contributed by atoms with Gasteiger partial charge >= 0.3 is 0 Å². The van der Waals surface area contributed by atoms with E-state index in [4.69, 9.17) is 4.74 Å². The summed E-state index contributed by atoms with van der Waals surface area (Å²) >= 11 is 0. The first kappa shape index (κ1) is 23.2. The summed E-state index contributed by atoms with van der Waals surface area (Å²) in [5, 5.41) is 3.15. The SMILES string of the molecule is CCCOc1cccc(NC2=C(c3ccc(C)cc3C)C(=O)N(Cc3ccccc3F)C2=O)c1. The normalized spacial score (nSPS) is 13.6. The predicted molar refractivity (Wildman–Crippen MR) is 131 cm³/mol. The van der Waals surface area contributed by atoms with Gasteiger partial charge in [-0.25, -0.2) is 4.39 Å². The molecule has 0 saturated heterocycles. The molecule has 0 aromatic heterocycles. The van der Waals surface area contributed by atoms with Crippen LogP contribution in [0.15, 0.2) is 72.4 Å². The molecule has 3 aromatic rings. The molecule has 0 saturated carbocycles. The number of ether oxygens (including phenoxy) is 1. The minimum Gasteiger partial charge on any atom is -0.494 e. The van der Waals surface area contributed by atoms with Gasteiger partial charge in [0.2, 0.25) is 0 Å². The highest BCUT2D eigenvalue weighted by Crippen LogP contribution is 2.34. The van der Waals surface area contributed by atoms with Crippen LogP contribution in [0.4, 0.5) is 10.1 Å². The van der Waals surface area contributed by atoms with Gasteiger partial charge in [0.25, 0.3) is 11.8 Å². The first-order valence-electron chi connectivity index (χ1n) is 11.3. The number of anilines is 1. The summed E-state index contributed by atoms with van der Waals surface area (Å²) in [7, 11) is 0. The Morgan fingerprint density at radius 1 is 0.941 bits per heavy atom. The average Bonchev–Trinajstić information content (AvgIpc) is 3.04. The van der Waals surface area contributed by atoms with Crippen LogP contribution in [0.25, 0.3) is 5.57 Å². The van der Waals surface area contributed by atoms with Gasteiger partial charge in [-0.15, -0.1) is 0 Å². The lowest BCUT2D eigenvalue weighted by Crippen LogP contribution is -2.32. The van der Waals surface area contributed by atoms with Crippen LogP contribution in [0.3, 0.4) is 0 Å². The molecule has 174 valence electrons. The number of nitrogens with zero attached hydrogens (tertiary/aromatic N) is 1. The second-order valence-electron chi connectivity index (χ2n) is 8.36. The van der Waals surface area contributed by atoms with Crippen molar-refractivity contribution in [2.45, 2.75) is 33.7 Å². The van der Waals surface area contributed by atoms with Crippen molar-refractivity contribution in [3.05, 3.63) is 100 Å². The van der Waals surface area contributed by atoms with Crippen molar-refractivity contribution >= 4 is 23.1 Å². The lowest BCUT2D eigenvalue weighted by Gasteiger charge is -2.16. The van der Waals surface area contributed by atoms with E-state index in [0.29, 0.717) is 23.6 Å². The van der Waals surface area contributed by atoms with Crippen LogP contribution in [-0.2, 0) is 16.1 Å². The average molecular weight is 459 g/mol. The smallest absolute Gasteiger partial charge is 0.278 e. The van der Waals surface area contributed by atoms with E-state index in [-0.39, 0.29) is 23.4 Å². The molecule has 6 heteroatoms. The van der Waals surface area contributed by atoms with Gasteiger partial charge in [-0.1, -0.05) is 55.0 Å². The third-order valence-corrected chi connectivity index (χ3v) is 5.68. The lowest BCUT2D eigenvalue weighted by molar-refractivity contribution is -0.137. The molecule has 5 nitrogen and oxygen atoms in total. The number of amides is 2. The van der Waals surface area contributed by atoms with Crippen LogP contribution in [0, 0.1) is 19.7 Å². The Morgan fingerprint density at radius 2 is 1.74 bits per heavy atom. The molecular weight excluding hydrogens is 431 g/mol. The fourth-order valence-corrected chi connectivity index (χ4v) is 4.00. The summed E-state index contributed by atoms with van der Waals surface area (Å²) in [5.74, 6) is -0.747. The van der Waals surface area contributed by atoms with E-state index in [2.05, 4.69) is 5.32 Å². The molecule has 1 heterocycles. The van der Waals surface area contributed by atoms with Crippen molar-refractivity contribution in [2.24, 2.45) is 0 Å². The number of nitrogens with one attached hydrogen (secondary N) is 1. The minimum absolute atomic E-state index is 0.149. The molecule has 3 aromatic carbocycles. The molecule has 0 fully saturated rings. The highest BCUT2D eigenvalue weighted by molar-refractivity contribution is 6.36. The highest BCUT2D eigenvalue weighted by Gasteiger charge is 2.40. The molecule has 0 spiro atoms. The monoisotopic (exact) mass is 458 g/mol. The van der Waals surface area contributed by atoms with E-state index in [0.717, 1.165) is 22.4 Å². The zero-order chi connectivity index (χ0) is 24.2. The van der Waals surface area contributed by atoms with Crippen LogP contribution in [0.2, 0.25) is 0 Å². The Bertz CT molecular complexity index is 1280. The molecular formula is C28H27FN2O3. The highest BCUT2D eigenvalue weighted by atomic mass is 19.1. The number of aryl methyl sites for hydroxylation is 2. The van der Waals surface area contributed by atoms with Crippen LogP contribution in [0.1, 0.15) is 35.6 Å². The van der Waals surface area contributed by atoms with Crippen molar-refractivity contribution in [3.8, 4) is 5.75 Å². The summed E-state index contributed by atoms with van der Waals surface area (Å²) in [6.45, 7) is 6.33. The molecule has 34 heavy (non-hydrogen) atoms. The number of carbonyl (C=O) groups is 2. The molecule has 4 rings (SSSR count). The Balaban J connectivity index is 1.75. The quantitative estimate of drug-likeness (QED) is 0.445. The first-order valence-corrected chi connectivity index (χ1v) is 11.3. The molecule has 0 unspecified atom stereocenters. The Hall–Kier alpha value is -3.93. The molecule has 0 atom stereocenters. The van der Waals surface area contributed by atoms with E-state index in [9.17, 15) is 14.0 Å². The number of carbonyl (C=O) groups excluding carboxylic acids is 2. The second-order valence-corrected chi connectivity index (χ2v) is 8.36. The largest absolute Gasteiger partial charge is 0.494 e. The molecule has 0 bridgehead atoms. The van der Waals surface area contributed by atoms with E-state index in [1.54, 1.807) is 24.3 Å². The van der Waals surface area contributed by atoms with Gasteiger partial charge in [0, 0.05) is 17.3 Å². The number of benzene rings is 3. The maximum absolute atomic E-state index is 14.3. The standard InChI is InChI=1S/C28H27FN2O3/c1-4-14-34-22-10-7-9-21(16-22)30-26-25(23-13-12-18(2)15-19(23)3)27(32)31(28(26)33)17-20-8-5-6-11-24(20)29/h5-13,15-16,30H,4,14,17H2,1-3H3. The topological polar surface area (TPSA) is 58.6 Å². The van der Waals surface area contributed by atoms with E-state index >= 15 is 0 Å². The van der Waals surface area contributed by atoms with Crippen molar-refractivity contribution in [3.63, 3.8) is 0 Å². The predicted octanol–water partition coefficient (Wildman–Crippen LogP) is 5.62. The molecule has 0 radical (unpaired) electrons. The van der Waals surface area contributed by atoms with Crippen molar-refractivity contribution in [1.29, 1.82) is 0 Å². The maximum atomic E-state index is 14.3. The number of hydrogen-bond acceptors (Lipinski definition) is 4. The van der Waals surface area contributed by atoms with Crippen molar-refractivity contribution < 1.29 is 18.7 Å². The summed E-state index contributed by atoms with van der Waals surface area (Å²) in [6.07, 6.45) is 0.873. The number of halogens is 1. The molecule has 1 aliphatic rings. The van der Waals surface area contributed by atoms with Crippen LogP contribution in [-0.4, -0.2) is 23.3 Å². The maximum Gasteiger partial charge on any atom is 0.278 e. The molecule has 0 aliphatic carbocycles. The van der Waals surface area contributed by atoms with Gasteiger partial charge in [0.15, 0.2) is 0 Å². The van der Waals surface area contributed by atoms with Crippen LogP contribution >= 0.6 is 0 Å². The van der Waals surface area contributed by atoms with E-state index < -0.39 is 17.6 Å². The Morgan fingerprint density at radius 3 is 2.47 bits per heavy atom. The molecule has 1 N–H and O–H groups in total. The summed E-state index contributed by atoms with van der Waals surface area (Å²) in [5.41, 5.74) is 3.95. The number of imide groups is 1.